The second kappa shape index (κ2) is 4.86. The molecule has 2 aliphatic rings. The van der Waals surface area contributed by atoms with Crippen molar-refractivity contribution in [2.45, 2.75) is 18.6 Å². The summed E-state index contributed by atoms with van der Waals surface area (Å²) in [5.41, 5.74) is 8.06. The highest BCUT2D eigenvalue weighted by Crippen LogP contribution is 2.36. The van der Waals surface area contributed by atoms with Crippen LogP contribution in [0.3, 0.4) is 0 Å². The number of fused-ring (bicyclic) bond motifs is 1. The molecule has 1 aromatic heterocycles. The zero-order chi connectivity index (χ0) is 14.3. The SMILES string of the molecule is Nc1ccc(N2CCC3(CC2)OCCO3)c2cnccc12. The maximum absolute atomic E-state index is 6.06. The standard InChI is InChI=1S/C16H19N3O2/c17-14-1-2-15(13-11-18-6-3-12(13)14)19-7-4-16(5-8-19)20-9-10-21-16/h1-3,6,11H,4-5,7-10,17H2. The lowest BCUT2D eigenvalue weighted by atomic mass is 10.0. The maximum atomic E-state index is 6.06. The number of anilines is 2. The third-order valence-corrected chi connectivity index (χ3v) is 4.51. The third kappa shape index (κ3) is 2.13. The molecule has 0 atom stereocenters. The summed E-state index contributed by atoms with van der Waals surface area (Å²) in [4.78, 5) is 6.62. The van der Waals surface area contributed by atoms with Crippen LogP contribution in [0.1, 0.15) is 12.8 Å². The predicted molar refractivity (Wildman–Crippen MR) is 82.2 cm³/mol. The van der Waals surface area contributed by atoms with Crippen LogP contribution in [0.2, 0.25) is 0 Å². The van der Waals surface area contributed by atoms with Crippen molar-refractivity contribution in [3.8, 4) is 0 Å². The minimum atomic E-state index is -0.335. The molecule has 4 rings (SSSR count). The zero-order valence-corrected chi connectivity index (χ0v) is 11.9. The van der Waals surface area contributed by atoms with Crippen LogP contribution in [-0.4, -0.2) is 37.1 Å². The van der Waals surface area contributed by atoms with E-state index in [1.807, 2.05) is 18.3 Å². The largest absolute Gasteiger partial charge is 0.398 e. The number of hydrogen-bond donors (Lipinski definition) is 1. The van der Waals surface area contributed by atoms with Crippen LogP contribution >= 0.6 is 0 Å². The number of rotatable bonds is 1. The number of pyridine rings is 1. The van der Waals surface area contributed by atoms with Gasteiger partial charge >= 0.3 is 0 Å². The van der Waals surface area contributed by atoms with Gasteiger partial charge in [-0.05, 0) is 18.2 Å². The first-order chi connectivity index (χ1) is 10.3. The first kappa shape index (κ1) is 12.9. The van der Waals surface area contributed by atoms with Gasteiger partial charge in [-0.2, -0.15) is 0 Å². The second-order valence-electron chi connectivity index (χ2n) is 5.69. The summed E-state index contributed by atoms with van der Waals surface area (Å²) in [7, 11) is 0. The van der Waals surface area contributed by atoms with E-state index in [0.717, 1.165) is 42.4 Å². The van der Waals surface area contributed by atoms with E-state index in [4.69, 9.17) is 15.2 Å². The molecule has 0 bridgehead atoms. The Morgan fingerprint density at radius 3 is 2.57 bits per heavy atom. The maximum Gasteiger partial charge on any atom is 0.171 e. The first-order valence-corrected chi connectivity index (χ1v) is 7.43. The van der Waals surface area contributed by atoms with Crippen molar-refractivity contribution in [3.05, 3.63) is 30.6 Å². The summed E-state index contributed by atoms with van der Waals surface area (Å²) in [6.45, 7) is 3.28. The fourth-order valence-electron chi connectivity index (χ4n) is 3.35. The number of benzene rings is 1. The molecule has 2 aliphatic heterocycles. The van der Waals surface area contributed by atoms with Crippen LogP contribution in [0.5, 0.6) is 0 Å². The molecule has 3 heterocycles. The molecule has 0 unspecified atom stereocenters. The molecule has 2 aromatic rings. The molecule has 5 heteroatoms. The molecular formula is C16H19N3O2. The van der Waals surface area contributed by atoms with Gasteiger partial charge in [0.25, 0.3) is 0 Å². The number of ether oxygens (including phenoxy) is 2. The summed E-state index contributed by atoms with van der Waals surface area (Å²) >= 11 is 0. The van der Waals surface area contributed by atoms with Crippen molar-refractivity contribution in [2.24, 2.45) is 0 Å². The molecule has 110 valence electrons. The Morgan fingerprint density at radius 2 is 1.81 bits per heavy atom. The highest BCUT2D eigenvalue weighted by atomic mass is 16.7. The van der Waals surface area contributed by atoms with Crippen molar-refractivity contribution in [3.63, 3.8) is 0 Å². The number of nitrogen functional groups attached to an aromatic ring is 1. The number of hydrogen-bond acceptors (Lipinski definition) is 5. The van der Waals surface area contributed by atoms with E-state index in [1.165, 1.54) is 5.69 Å². The second-order valence-corrected chi connectivity index (χ2v) is 5.69. The fourth-order valence-corrected chi connectivity index (χ4v) is 3.35. The van der Waals surface area contributed by atoms with Gasteiger partial charge in [0.2, 0.25) is 0 Å². The van der Waals surface area contributed by atoms with Gasteiger partial charge < -0.3 is 20.1 Å². The molecule has 0 radical (unpaired) electrons. The molecule has 0 saturated carbocycles. The molecule has 1 aromatic carbocycles. The minimum absolute atomic E-state index is 0.335. The van der Waals surface area contributed by atoms with Gasteiger partial charge in [0.05, 0.1) is 13.2 Å². The van der Waals surface area contributed by atoms with Crippen molar-refractivity contribution in [1.82, 2.24) is 4.98 Å². The molecular weight excluding hydrogens is 266 g/mol. The molecule has 2 N–H and O–H groups in total. The third-order valence-electron chi connectivity index (χ3n) is 4.51. The molecule has 2 fully saturated rings. The van der Waals surface area contributed by atoms with Crippen LogP contribution in [0.4, 0.5) is 11.4 Å². The van der Waals surface area contributed by atoms with E-state index in [9.17, 15) is 0 Å². The highest BCUT2D eigenvalue weighted by molar-refractivity contribution is 6.00. The molecule has 0 aliphatic carbocycles. The van der Waals surface area contributed by atoms with Gasteiger partial charge in [-0.3, -0.25) is 4.98 Å². The first-order valence-electron chi connectivity index (χ1n) is 7.43. The van der Waals surface area contributed by atoms with E-state index in [1.54, 1.807) is 6.20 Å². The average Bonchev–Trinajstić information content (AvgIpc) is 2.98. The van der Waals surface area contributed by atoms with Crippen molar-refractivity contribution >= 4 is 22.1 Å². The van der Waals surface area contributed by atoms with Crippen LogP contribution in [-0.2, 0) is 9.47 Å². The van der Waals surface area contributed by atoms with Gasteiger partial charge in [0.1, 0.15) is 0 Å². The van der Waals surface area contributed by atoms with Crippen LogP contribution in [0.15, 0.2) is 30.6 Å². The Kier molecular flexibility index (Phi) is 2.97. The fraction of sp³-hybridized carbons (Fsp3) is 0.438. The van der Waals surface area contributed by atoms with Gasteiger partial charge in [0.15, 0.2) is 5.79 Å². The molecule has 5 nitrogen and oxygen atoms in total. The number of nitrogens with zero attached hydrogens (tertiary/aromatic N) is 2. The van der Waals surface area contributed by atoms with E-state index < -0.39 is 0 Å². The summed E-state index contributed by atoms with van der Waals surface area (Å²) < 4.78 is 11.6. The molecule has 0 amide bonds. The Bertz CT molecular complexity index is 658. The van der Waals surface area contributed by atoms with Crippen molar-refractivity contribution in [1.29, 1.82) is 0 Å². The molecule has 21 heavy (non-hydrogen) atoms. The lowest BCUT2D eigenvalue weighted by Crippen LogP contribution is -2.45. The molecule has 2 saturated heterocycles. The van der Waals surface area contributed by atoms with Gasteiger partial charge in [0, 0.05) is 60.5 Å². The summed E-state index contributed by atoms with van der Waals surface area (Å²) in [5.74, 6) is -0.335. The predicted octanol–water partition coefficient (Wildman–Crippen LogP) is 2.16. The minimum Gasteiger partial charge on any atom is -0.398 e. The van der Waals surface area contributed by atoms with Crippen molar-refractivity contribution in [2.75, 3.05) is 36.9 Å². The monoisotopic (exact) mass is 285 g/mol. The smallest absolute Gasteiger partial charge is 0.171 e. The Labute approximate surface area is 123 Å². The van der Waals surface area contributed by atoms with E-state index in [0.29, 0.717) is 13.2 Å². The van der Waals surface area contributed by atoms with Gasteiger partial charge in [-0.25, -0.2) is 0 Å². The van der Waals surface area contributed by atoms with E-state index in [-0.39, 0.29) is 5.79 Å². The summed E-state index contributed by atoms with van der Waals surface area (Å²) in [5, 5.41) is 2.18. The Morgan fingerprint density at radius 1 is 1.05 bits per heavy atom. The topological polar surface area (TPSA) is 60.6 Å². The lowest BCUT2D eigenvalue weighted by Gasteiger charge is -2.39. The van der Waals surface area contributed by atoms with E-state index in [2.05, 4.69) is 16.0 Å². The number of piperidine rings is 1. The lowest BCUT2D eigenvalue weighted by molar-refractivity contribution is -0.169. The number of nitrogens with two attached hydrogens (primary N) is 1. The van der Waals surface area contributed by atoms with Crippen LogP contribution < -0.4 is 10.6 Å². The number of aromatic nitrogens is 1. The van der Waals surface area contributed by atoms with Crippen molar-refractivity contribution < 1.29 is 9.47 Å². The molecule has 1 spiro atoms. The quantitative estimate of drug-likeness (QED) is 0.814. The van der Waals surface area contributed by atoms with Crippen LogP contribution in [0.25, 0.3) is 10.8 Å². The average molecular weight is 285 g/mol. The van der Waals surface area contributed by atoms with Gasteiger partial charge in [-0.15, -0.1) is 0 Å². The summed E-state index contributed by atoms with van der Waals surface area (Å²) in [6, 6.07) is 6.04. The highest BCUT2D eigenvalue weighted by Gasteiger charge is 2.39. The summed E-state index contributed by atoms with van der Waals surface area (Å²) in [6.07, 6.45) is 5.49. The van der Waals surface area contributed by atoms with Crippen LogP contribution in [0, 0.1) is 0 Å². The van der Waals surface area contributed by atoms with Gasteiger partial charge in [-0.1, -0.05) is 0 Å². The van der Waals surface area contributed by atoms with E-state index >= 15 is 0 Å². The Hall–Kier alpha value is -1.85. The zero-order valence-electron chi connectivity index (χ0n) is 11.9. The normalized spacial score (nSPS) is 21.2. The Balaban J connectivity index is 1.64.